The summed E-state index contributed by atoms with van der Waals surface area (Å²) >= 11 is 0. The SMILES string of the molecule is CCc1nccn1CCC(=O)N1CCOC[C@H]1c1nc(C)cc(NC)n1. The molecule has 1 aliphatic rings. The van der Waals surface area contributed by atoms with Gasteiger partial charge in [-0.3, -0.25) is 4.79 Å². The minimum Gasteiger partial charge on any atom is -0.377 e. The number of anilines is 1. The number of hydrogen-bond acceptors (Lipinski definition) is 6. The minimum atomic E-state index is -0.253. The second kappa shape index (κ2) is 8.27. The fraction of sp³-hybridized carbons (Fsp3) is 0.556. The molecule has 8 heteroatoms. The molecule has 0 radical (unpaired) electrons. The molecular weight excluding hydrogens is 332 g/mol. The van der Waals surface area contributed by atoms with Crippen LogP contribution in [0.1, 0.15) is 36.7 Å². The van der Waals surface area contributed by atoms with Crippen LogP contribution in [0.15, 0.2) is 18.5 Å². The first-order valence-corrected chi connectivity index (χ1v) is 9.03. The van der Waals surface area contributed by atoms with Gasteiger partial charge in [0.1, 0.15) is 17.7 Å². The zero-order chi connectivity index (χ0) is 18.5. The Bertz CT molecular complexity index is 760. The third-order valence-electron chi connectivity index (χ3n) is 4.56. The number of morpholine rings is 1. The van der Waals surface area contributed by atoms with Gasteiger partial charge in [-0.25, -0.2) is 15.0 Å². The van der Waals surface area contributed by atoms with Crippen LogP contribution in [-0.4, -0.2) is 57.1 Å². The first kappa shape index (κ1) is 18.3. The molecule has 0 aromatic carbocycles. The molecule has 1 amide bonds. The number of amides is 1. The van der Waals surface area contributed by atoms with E-state index in [0.717, 1.165) is 23.8 Å². The van der Waals surface area contributed by atoms with Gasteiger partial charge >= 0.3 is 0 Å². The minimum absolute atomic E-state index is 0.0881. The summed E-state index contributed by atoms with van der Waals surface area (Å²) in [5.41, 5.74) is 0.864. The number of rotatable bonds is 6. The van der Waals surface area contributed by atoms with E-state index in [1.165, 1.54) is 0 Å². The Labute approximate surface area is 153 Å². The predicted octanol–water partition coefficient (Wildman–Crippen LogP) is 1.58. The molecule has 140 valence electrons. The van der Waals surface area contributed by atoms with Gasteiger partial charge in [0.2, 0.25) is 5.91 Å². The van der Waals surface area contributed by atoms with Crippen molar-refractivity contribution in [3.8, 4) is 0 Å². The van der Waals surface area contributed by atoms with Gasteiger partial charge in [-0.1, -0.05) is 6.92 Å². The summed E-state index contributed by atoms with van der Waals surface area (Å²) in [5.74, 6) is 2.46. The number of aromatic nitrogens is 4. The van der Waals surface area contributed by atoms with Gasteiger partial charge in [-0.2, -0.15) is 0 Å². The predicted molar refractivity (Wildman–Crippen MR) is 97.8 cm³/mol. The van der Waals surface area contributed by atoms with Crippen molar-refractivity contribution >= 4 is 11.7 Å². The van der Waals surface area contributed by atoms with Gasteiger partial charge in [0, 0.05) is 57.1 Å². The molecule has 0 spiro atoms. The molecule has 2 aromatic heterocycles. The lowest BCUT2D eigenvalue weighted by atomic mass is 10.2. The van der Waals surface area contributed by atoms with E-state index in [2.05, 4.69) is 27.2 Å². The summed E-state index contributed by atoms with van der Waals surface area (Å²) < 4.78 is 7.65. The van der Waals surface area contributed by atoms with E-state index in [1.54, 1.807) is 6.20 Å². The van der Waals surface area contributed by atoms with E-state index in [1.807, 2.05) is 35.7 Å². The first-order chi connectivity index (χ1) is 12.6. The summed E-state index contributed by atoms with van der Waals surface area (Å²) in [6, 6.07) is 1.63. The standard InChI is InChI=1S/C18H26N6O2/c1-4-16-20-6-8-23(16)7-5-17(25)24-9-10-26-12-14(24)18-21-13(2)11-15(19-3)22-18/h6,8,11,14H,4-5,7,9-10,12H2,1-3H3,(H,19,21,22)/t14-/m0/s1. The Morgan fingerprint density at radius 1 is 1.42 bits per heavy atom. The lowest BCUT2D eigenvalue weighted by Crippen LogP contribution is -2.44. The van der Waals surface area contributed by atoms with E-state index in [0.29, 0.717) is 38.5 Å². The summed E-state index contributed by atoms with van der Waals surface area (Å²) in [5, 5.41) is 3.04. The number of nitrogens with one attached hydrogen (secondary N) is 1. The molecule has 0 bridgehead atoms. The summed E-state index contributed by atoms with van der Waals surface area (Å²) in [6.45, 7) is 6.13. The van der Waals surface area contributed by atoms with Gasteiger partial charge in [-0.15, -0.1) is 0 Å². The number of carbonyl (C=O) groups is 1. The molecule has 2 aromatic rings. The molecule has 1 atom stereocenters. The molecule has 0 saturated carbocycles. The van der Waals surface area contributed by atoms with E-state index in [9.17, 15) is 4.79 Å². The number of imidazole rings is 1. The zero-order valence-corrected chi connectivity index (χ0v) is 15.6. The van der Waals surface area contributed by atoms with Gasteiger partial charge in [0.25, 0.3) is 0 Å². The highest BCUT2D eigenvalue weighted by atomic mass is 16.5. The average Bonchev–Trinajstić information content (AvgIpc) is 3.13. The maximum absolute atomic E-state index is 12.9. The normalized spacial score (nSPS) is 17.3. The Kier molecular flexibility index (Phi) is 5.82. The van der Waals surface area contributed by atoms with Crippen molar-refractivity contribution in [2.24, 2.45) is 0 Å². The van der Waals surface area contributed by atoms with Crippen LogP contribution in [0.5, 0.6) is 0 Å². The van der Waals surface area contributed by atoms with Crippen LogP contribution in [0.25, 0.3) is 0 Å². The fourth-order valence-electron chi connectivity index (χ4n) is 3.20. The van der Waals surface area contributed by atoms with E-state index in [4.69, 9.17) is 4.74 Å². The smallest absolute Gasteiger partial charge is 0.225 e. The quantitative estimate of drug-likeness (QED) is 0.844. The second-order valence-electron chi connectivity index (χ2n) is 6.32. The topological polar surface area (TPSA) is 85.2 Å². The number of carbonyl (C=O) groups excluding carboxylic acids is 1. The Hall–Kier alpha value is -2.48. The van der Waals surface area contributed by atoms with Crippen LogP contribution in [0, 0.1) is 6.92 Å². The molecule has 3 heterocycles. The number of hydrogen-bond donors (Lipinski definition) is 1. The van der Waals surface area contributed by atoms with Crippen molar-refractivity contribution in [2.75, 3.05) is 32.1 Å². The lowest BCUT2D eigenvalue weighted by molar-refractivity contribution is -0.140. The maximum atomic E-state index is 12.9. The third kappa shape index (κ3) is 4.01. The van der Waals surface area contributed by atoms with E-state index in [-0.39, 0.29) is 11.9 Å². The first-order valence-electron chi connectivity index (χ1n) is 9.03. The van der Waals surface area contributed by atoms with Crippen LogP contribution >= 0.6 is 0 Å². The van der Waals surface area contributed by atoms with Crippen LogP contribution in [0.2, 0.25) is 0 Å². The molecule has 1 saturated heterocycles. The van der Waals surface area contributed by atoms with Gasteiger partial charge in [0.05, 0.1) is 13.2 Å². The highest BCUT2D eigenvalue weighted by Crippen LogP contribution is 2.24. The van der Waals surface area contributed by atoms with E-state index >= 15 is 0 Å². The van der Waals surface area contributed by atoms with Crippen molar-refractivity contribution in [3.05, 3.63) is 35.8 Å². The number of nitrogens with zero attached hydrogens (tertiary/aromatic N) is 5. The van der Waals surface area contributed by atoms with Crippen LogP contribution in [0.4, 0.5) is 5.82 Å². The Morgan fingerprint density at radius 3 is 3.04 bits per heavy atom. The molecule has 1 aliphatic heterocycles. The zero-order valence-electron chi connectivity index (χ0n) is 15.6. The third-order valence-corrected chi connectivity index (χ3v) is 4.56. The summed E-state index contributed by atoms with van der Waals surface area (Å²) in [7, 11) is 1.82. The van der Waals surface area contributed by atoms with Crippen molar-refractivity contribution in [2.45, 2.75) is 39.3 Å². The molecule has 1 fully saturated rings. The Morgan fingerprint density at radius 2 is 2.27 bits per heavy atom. The van der Waals surface area contributed by atoms with Gasteiger partial charge < -0.3 is 19.5 Å². The largest absolute Gasteiger partial charge is 0.377 e. The average molecular weight is 358 g/mol. The fourth-order valence-corrected chi connectivity index (χ4v) is 3.20. The number of ether oxygens (including phenoxy) is 1. The number of aryl methyl sites for hydroxylation is 3. The van der Waals surface area contributed by atoms with Crippen molar-refractivity contribution in [3.63, 3.8) is 0 Å². The van der Waals surface area contributed by atoms with Crippen LogP contribution < -0.4 is 5.32 Å². The molecule has 0 unspecified atom stereocenters. The summed E-state index contributed by atoms with van der Waals surface area (Å²) in [4.78, 5) is 28.1. The molecule has 3 rings (SSSR count). The van der Waals surface area contributed by atoms with E-state index < -0.39 is 0 Å². The summed E-state index contributed by atoms with van der Waals surface area (Å²) in [6.07, 6.45) is 4.97. The maximum Gasteiger partial charge on any atom is 0.225 e. The van der Waals surface area contributed by atoms with Crippen molar-refractivity contribution in [1.82, 2.24) is 24.4 Å². The molecule has 1 N–H and O–H groups in total. The molecule has 0 aliphatic carbocycles. The van der Waals surface area contributed by atoms with Crippen molar-refractivity contribution in [1.29, 1.82) is 0 Å². The molecular formula is C18H26N6O2. The molecule has 8 nitrogen and oxygen atoms in total. The van der Waals surface area contributed by atoms with Crippen molar-refractivity contribution < 1.29 is 9.53 Å². The van der Waals surface area contributed by atoms with Gasteiger partial charge in [-0.05, 0) is 6.92 Å². The van der Waals surface area contributed by atoms with Crippen LogP contribution in [-0.2, 0) is 22.5 Å². The monoisotopic (exact) mass is 358 g/mol. The Balaban J connectivity index is 1.74. The highest BCUT2D eigenvalue weighted by Gasteiger charge is 2.30. The lowest BCUT2D eigenvalue weighted by Gasteiger charge is -2.35. The van der Waals surface area contributed by atoms with Gasteiger partial charge in [0.15, 0.2) is 5.82 Å². The molecule has 26 heavy (non-hydrogen) atoms. The second-order valence-corrected chi connectivity index (χ2v) is 6.32. The van der Waals surface area contributed by atoms with Crippen LogP contribution in [0.3, 0.4) is 0 Å². The highest BCUT2D eigenvalue weighted by molar-refractivity contribution is 5.76.